The number of urea groups is 1. The van der Waals surface area contributed by atoms with Gasteiger partial charge in [-0.15, -0.1) is 0 Å². The van der Waals surface area contributed by atoms with Crippen LogP contribution in [0.5, 0.6) is 0 Å². The largest absolute Gasteiger partial charge is 0.416 e. The topological polar surface area (TPSA) is 82.2 Å². The second kappa shape index (κ2) is 5.63. The molecule has 8 heteroatoms. The van der Waals surface area contributed by atoms with Crippen LogP contribution in [-0.4, -0.2) is 29.9 Å². The van der Waals surface area contributed by atoms with E-state index in [0.717, 1.165) is 31.0 Å². The van der Waals surface area contributed by atoms with E-state index in [0.29, 0.717) is 13.1 Å². The fraction of sp³-hybridized carbons (Fsp3) is 0.385. The first-order valence-electron chi connectivity index (χ1n) is 6.40. The number of rotatable bonds is 2. The average molecular weight is 300 g/mol. The number of hydrogen-bond acceptors (Lipinski definition) is 2. The summed E-state index contributed by atoms with van der Waals surface area (Å²) >= 11 is 0. The summed E-state index contributed by atoms with van der Waals surface area (Å²) in [6, 6.07) is 2.34. The zero-order chi connectivity index (χ0) is 15.6. The maximum atomic E-state index is 12.7. The molecular formula is C13H15F3N4O. The summed E-state index contributed by atoms with van der Waals surface area (Å²) in [5.41, 5.74) is 4.36. The summed E-state index contributed by atoms with van der Waals surface area (Å²) in [6.07, 6.45) is -2.72. The first-order chi connectivity index (χ1) is 9.79. The Morgan fingerprint density at radius 1 is 1.29 bits per heavy atom. The molecule has 0 radical (unpaired) electrons. The quantitative estimate of drug-likeness (QED) is 0.579. The summed E-state index contributed by atoms with van der Waals surface area (Å²) in [5.74, 6) is -0.530. The van der Waals surface area contributed by atoms with E-state index in [-0.39, 0.29) is 11.3 Å². The van der Waals surface area contributed by atoms with Crippen LogP contribution in [0.1, 0.15) is 24.0 Å². The molecule has 1 aromatic carbocycles. The molecule has 114 valence electrons. The van der Waals surface area contributed by atoms with Crippen molar-refractivity contribution in [1.29, 1.82) is 5.41 Å². The lowest BCUT2D eigenvalue weighted by Gasteiger charge is -2.18. The Morgan fingerprint density at radius 3 is 2.43 bits per heavy atom. The van der Waals surface area contributed by atoms with Crippen LogP contribution in [0, 0.1) is 5.41 Å². The molecule has 1 aliphatic rings. The maximum Gasteiger partial charge on any atom is 0.416 e. The van der Waals surface area contributed by atoms with Gasteiger partial charge in [-0.2, -0.15) is 13.2 Å². The zero-order valence-electron chi connectivity index (χ0n) is 11.1. The molecule has 0 aromatic heterocycles. The number of carbonyl (C=O) groups is 1. The number of amidine groups is 1. The number of carbonyl (C=O) groups excluding carboxylic acids is 1. The molecule has 0 bridgehead atoms. The first kappa shape index (κ1) is 15.1. The molecular weight excluding hydrogens is 285 g/mol. The van der Waals surface area contributed by atoms with Crippen LogP contribution < -0.4 is 11.1 Å². The second-order valence-electron chi connectivity index (χ2n) is 4.80. The minimum atomic E-state index is -4.53. The molecule has 0 aliphatic carbocycles. The van der Waals surface area contributed by atoms with Crippen LogP contribution in [-0.2, 0) is 6.18 Å². The Hall–Kier alpha value is -2.25. The van der Waals surface area contributed by atoms with Gasteiger partial charge in [0.2, 0.25) is 0 Å². The van der Waals surface area contributed by atoms with Crippen molar-refractivity contribution in [3.63, 3.8) is 0 Å². The number of nitrogens with zero attached hydrogens (tertiary/aromatic N) is 1. The van der Waals surface area contributed by atoms with Crippen molar-refractivity contribution in [2.45, 2.75) is 19.0 Å². The number of likely N-dealkylation sites (tertiary alicyclic amines) is 1. The third-order valence-corrected chi connectivity index (χ3v) is 3.27. The van der Waals surface area contributed by atoms with E-state index in [2.05, 4.69) is 5.32 Å². The van der Waals surface area contributed by atoms with Gasteiger partial charge in [0.25, 0.3) is 0 Å². The van der Waals surface area contributed by atoms with Crippen LogP contribution in [0.2, 0.25) is 0 Å². The van der Waals surface area contributed by atoms with Gasteiger partial charge in [-0.1, -0.05) is 0 Å². The van der Waals surface area contributed by atoms with Gasteiger partial charge in [-0.25, -0.2) is 4.79 Å². The number of nitrogen functional groups attached to an aromatic ring is 1. The predicted octanol–water partition coefficient (Wildman–Crippen LogP) is 2.62. The van der Waals surface area contributed by atoms with E-state index in [1.165, 1.54) is 0 Å². The third-order valence-electron chi connectivity index (χ3n) is 3.27. The van der Waals surface area contributed by atoms with Crippen molar-refractivity contribution >= 4 is 17.6 Å². The van der Waals surface area contributed by atoms with Crippen molar-refractivity contribution in [3.05, 3.63) is 29.3 Å². The molecule has 0 unspecified atom stereocenters. The Balaban J connectivity index is 2.26. The first-order valence-corrected chi connectivity index (χ1v) is 6.40. The van der Waals surface area contributed by atoms with Crippen molar-refractivity contribution in [2.24, 2.45) is 5.73 Å². The Bertz CT molecular complexity index is 565. The predicted molar refractivity (Wildman–Crippen MR) is 72.3 cm³/mol. The molecule has 2 rings (SSSR count). The Labute approximate surface area is 119 Å². The monoisotopic (exact) mass is 300 g/mol. The normalized spacial score (nSPS) is 15.1. The number of amides is 2. The number of anilines is 1. The van der Waals surface area contributed by atoms with Gasteiger partial charge in [0, 0.05) is 18.7 Å². The summed E-state index contributed by atoms with van der Waals surface area (Å²) in [7, 11) is 0. The average Bonchev–Trinajstić information content (AvgIpc) is 2.91. The molecule has 5 nitrogen and oxygen atoms in total. The molecule has 21 heavy (non-hydrogen) atoms. The lowest BCUT2D eigenvalue weighted by Crippen LogP contribution is -2.33. The number of alkyl halides is 3. The summed E-state index contributed by atoms with van der Waals surface area (Å²) in [4.78, 5) is 13.5. The molecule has 4 N–H and O–H groups in total. The fourth-order valence-corrected chi connectivity index (χ4v) is 2.17. The SMILES string of the molecule is N=C(N)c1cc(C(F)(F)F)ccc1NC(=O)N1CCCC1. The van der Waals surface area contributed by atoms with Gasteiger partial charge in [0.05, 0.1) is 11.3 Å². The number of hydrogen-bond donors (Lipinski definition) is 3. The zero-order valence-corrected chi connectivity index (χ0v) is 11.1. The Morgan fingerprint density at radius 2 is 1.90 bits per heavy atom. The highest BCUT2D eigenvalue weighted by Gasteiger charge is 2.31. The number of benzene rings is 1. The number of nitrogens with two attached hydrogens (primary N) is 1. The van der Waals surface area contributed by atoms with E-state index in [9.17, 15) is 18.0 Å². The van der Waals surface area contributed by atoms with Crippen LogP contribution in [0.4, 0.5) is 23.7 Å². The molecule has 0 atom stereocenters. The molecule has 1 fully saturated rings. The molecule has 0 spiro atoms. The van der Waals surface area contributed by atoms with Gasteiger partial charge in [-0.3, -0.25) is 5.41 Å². The minimum Gasteiger partial charge on any atom is -0.384 e. The number of nitrogens with one attached hydrogen (secondary N) is 2. The highest BCUT2D eigenvalue weighted by Crippen LogP contribution is 2.31. The highest BCUT2D eigenvalue weighted by atomic mass is 19.4. The maximum absolute atomic E-state index is 12.7. The van der Waals surface area contributed by atoms with E-state index >= 15 is 0 Å². The molecule has 0 saturated carbocycles. The van der Waals surface area contributed by atoms with Crippen LogP contribution in [0.25, 0.3) is 0 Å². The molecule has 1 aliphatic heterocycles. The van der Waals surface area contributed by atoms with E-state index in [4.69, 9.17) is 11.1 Å². The highest BCUT2D eigenvalue weighted by molar-refractivity contribution is 6.04. The summed E-state index contributed by atoms with van der Waals surface area (Å²) in [6.45, 7) is 1.23. The minimum absolute atomic E-state index is 0.104. The molecule has 1 heterocycles. The van der Waals surface area contributed by atoms with Gasteiger partial charge < -0.3 is 16.0 Å². The van der Waals surface area contributed by atoms with Crippen LogP contribution in [0.3, 0.4) is 0 Å². The van der Waals surface area contributed by atoms with Crippen LogP contribution >= 0.6 is 0 Å². The third kappa shape index (κ3) is 3.45. The van der Waals surface area contributed by atoms with E-state index in [1.807, 2.05) is 0 Å². The second-order valence-corrected chi connectivity index (χ2v) is 4.80. The smallest absolute Gasteiger partial charge is 0.384 e. The van der Waals surface area contributed by atoms with Gasteiger partial charge >= 0.3 is 12.2 Å². The van der Waals surface area contributed by atoms with Gasteiger partial charge in [0.15, 0.2) is 0 Å². The Kier molecular flexibility index (Phi) is 4.06. The lowest BCUT2D eigenvalue weighted by molar-refractivity contribution is -0.137. The standard InChI is InChI=1S/C13H15F3N4O/c14-13(15,16)8-3-4-10(9(7-8)11(17)18)19-12(21)20-5-1-2-6-20/h3-4,7H,1-2,5-6H2,(H3,17,18)(H,19,21). The van der Waals surface area contributed by atoms with Gasteiger partial charge in [-0.05, 0) is 31.0 Å². The van der Waals surface area contributed by atoms with Crippen molar-refractivity contribution in [1.82, 2.24) is 4.90 Å². The molecule has 1 aromatic rings. The van der Waals surface area contributed by atoms with Crippen molar-refractivity contribution < 1.29 is 18.0 Å². The van der Waals surface area contributed by atoms with E-state index in [1.54, 1.807) is 4.90 Å². The van der Waals surface area contributed by atoms with Crippen LogP contribution in [0.15, 0.2) is 18.2 Å². The van der Waals surface area contributed by atoms with Crippen molar-refractivity contribution in [3.8, 4) is 0 Å². The molecule has 1 saturated heterocycles. The lowest BCUT2D eigenvalue weighted by atomic mass is 10.1. The fourth-order valence-electron chi connectivity index (χ4n) is 2.17. The van der Waals surface area contributed by atoms with Crippen molar-refractivity contribution in [2.75, 3.05) is 18.4 Å². The summed E-state index contributed by atoms with van der Waals surface area (Å²) < 4.78 is 38.0. The summed E-state index contributed by atoms with van der Waals surface area (Å²) in [5, 5.41) is 9.89. The van der Waals surface area contributed by atoms with E-state index < -0.39 is 23.6 Å². The van der Waals surface area contributed by atoms with Gasteiger partial charge in [0.1, 0.15) is 5.84 Å². The molecule has 2 amide bonds. The number of halogens is 3.